The molecule has 0 bridgehead atoms. The maximum atomic E-state index is 12.2. The molecular weight excluding hydrogens is 711 g/mol. The van der Waals surface area contributed by atoms with E-state index in [1.54, 1.807) is 13.2 Å². The van der Waals surface area contributed by atoms with Crippen LogP contribution in [-0.4, -0.2) is 62.7 Å². The second-order valence-electron chi connectivity index (χ2n) is 15.7. The van der Waals surface area contributed by atoms with E-state index in [2.05, 4.69) is 105 Å². The number of ether oxygens (including phenoxy) is 2. The molecule has 0 saturated carbocycles. The average molecular weight is 765 g/mol. The van der Waals surface area contributed by atoms with E-state index < -0.39 is 15.5 Å². The lowest BCUT2D eigenvalue weighted by atomic mass is 9.81. The highest BCUT2D eigenvalue weighted by Crippen LogP contribution is 2.49. The van der Waals surface area contributed by atoms with E-state index in [1.807, 2.05) is 18.2 Å². The van der Waals surface area contributed by atoms with Crippen LogP contribution in [-0.2, 0) is 29.8 Å². The predicted molar refractivity (Wildman–Crippen MR) is 218 cm³/mol. The molecule has 9 nitrogen and oxygen atoms in total. The number of unbranched alkanes of at least 4 members (excludes halogenated alkanes) is 2. The highest BCUT2D eigenvalue weighted by atomic mass is 32.2. The van der Waals surface area contributed by atoms with Crippen LogP contribution in [0.15, 0.2) is 129 Å². The monoisotopic (exact) mass is 764 g/mol. The maximum absolute atomic E-state index is 12.2. The number of carbonyl (C=O) groups is 1. The molecule has 292 valence electrons. The molecule has 0 unspecified atom stereocenters. The van der Waals surface area contributed by atoms with Crippen molar-refractivity contribution in [3.8, 4) is 0 Å². The Balaban J connectivity index is 1.34. The van der Waals surface area contributed by atoms with Gasteiger partial charge in [0.25, 0.3) is 0 Å². The van der Waals surface area contributed by atoms with Crippen LogP contribution in [0.5, 0.6) is 0 Å². The molecule has 0 radical (unpaired) electrons. The van der Waals surface area contributed by atoms with Crippen LogP contribution in [0, 0.1) is 0 Å². The second-order valence-corrected chi connectivity index (χ2v) is 17.0. The zero-order valence-corrected chi connectivity index (χ0v) is 34.0. The topological polar surface area (TPSA) is 111 Å². The molecule has 3 heterocycles. The Morgan fingerprint density at radius 1 is 1.02 bits per heavy atom. The first-order chi connectivity index (χ1) is 26.2. The highest BCUT2D eigenvalue weighted by Gasteiger charge is 2.40. The number of anilines is 1. The Kier molecular flexibility index (Phi) is 11.8. The van der Waals surface area contributed by atoms with Gasteiger partial charge in [0.15, 0.2) is 0 Å². The fourth-order valence-corrected chi connectivity index (χ4v) is 8.83. The number of hydrogen-bond acceptors (Lipinski definition) is 8. The summed E-state index contributed by atoms with van der Waals surface area (Å²) < 4.78 is 48.0. The summed E-state index contributed by atoms with van der Waals surface area (Å²) in [7, 11) is -3.03. The number of benzene rings is 2. The van der Waals surface area contributed by atoms with Gasteiger partial charge in [0.2, 0.25) is 5.91 Å². The van der Waals surface area contributed by atoms with Gasteiger partial charge in [-0.15, -0.1) is 0 Å². The highest BCUT2D eigenvalue weighted by molar-refractivity contribution is 7.85. The second kappa shape index (κ2) is 16.2. The Morgan fingerprint density at radius 2 is 1.78 bits per heavy atom. The molecule has 1 N–H and O–H groups in total. The Morgan fingerprint density at radius 3 is 2.49 bits per heavy atom. The molecule has 0 spiro atoms. The number of amides is 1. The molecule has 0 atom stereocenters. The fourth-order valence-electron chi connectivity index (χ4n) is 8.33. The van der Waals surface area contributed by atoms with Gasteiger partial charge in [-0.3, -0.25) is 4.79 Å². The van der Waals surface area contributed by atoms with Crippen molar-refractivity contribution in [3.63, 3.8) is 0 Å². The van der Waals surface area contributed by atoms with Gasteiger partial charge in [0.05, 0.1) is 17.0 Å². The molecule has 0 fully saturated rings. The van der Waals surface area contributed by atoms with Crippen molar-refractivity contribution in [1.29, 1.82) is 0 Å². The smallest absolute Gasteiger partial charge is 0.220 e. The average Bonchev–Trinajstić information content (AvgIpc) is 3.35. The first-order valence-corrected chi connectivity index (χ1v) is 20.7. The third-order valence-electron chi connectivity index (χ3n) is 11.1. The minimum atomic E-state index is -4.63. The van der Waals surface area contributed by atoms with Crippen molar-refractivity contribution in [1.82, 2.24) is 10.2 Å². The summed E-state index contributed by atoms with van der Waals surface area (Å²) in [6.45, 7) is 15.6. The standard InChI is InChI=1S/C45H55N3O6S/c1-8-48-39-29-41-36(28-35(39)31(2)30-44(48,3)4)33(26-40(54-41)32-16-11-9-12-17-32)18-15-19-42-45(5,6)37-27-34(55(50,51)52)21-22-38(37)47(42)24-14-10-13-20-43(49)46-23-25-53-7/h9,11-12,15-19,21-22,26-27,29-30H,8,10,13-14,20,23-25,28H2,1-7H3,(H,46,49)(H,50,51,52)/p-1/b18-15+,42-19+. The van der Waals surface area contributed by atoms with Gasteiger partial charge >= 0.3 is 0 Å². The zero-order chi connectivity index (χ0) is 39.5. The summed E-state index contributed by atoms with van der Waals surface area (Å²) in [6.07, 6.45) is 16.6. The van der Waals surface area contributed by atoms with E-state index in [9.17, 15) is 17.8 Å². The lowest BCUT2D eigenvalue weighted by Crippen LogP contribution is -2.44. The van der Waals surface area contributed by atoms with E-state index in [4.69, 9.17) is 9.47 Å². The molecule has 4 aliphatic rings. The molecule has 55 heavy (non-hydrogen) atoms. The minimum absolute atomic E-state index is 0.0133. The number of nitrogens with one attached hydrogen (secondary N) is 1. The molecule has 1 aliphatic carbocycles. The van der Waals surface area contributed by atoms with Crippen molar-refractivity contribution in [2.24, 2.45) is 0 Å². The number of carbonyl (C=O) groups excluding carboxylic acids is 1. The molecule has 1 amide bonds. The summed E-state index contributed by atoms with van der Waals surface area (Å²) in [5, 5.41) is 2.87. The molecule has 2 aromatic carbocycles. The SMILES string of the molecule is CCN1C2=C(CC3=C(/C=C/C=C4/N(CCCCCC(=O)NCCOC)c5ccc(S(=O)(=O)[O-])cc5C4(C)C)C=C(c4ccccc4)OC3=C2)C(C)=CC1(C)C. The number of allylic oxidation sites excluding steroid dienone is 10. The molecule has 3 aliphatic heterocycles. The van der Waals surface area contributed by atoms with Crippen LogP contribution in [0.1, 0.15) is 84.8 Å². The number of nitrogens with zero attached hydrogens (tertiary/aromatic N) is 2. The number of fused-ring (bicyclic) bond motifs is 2. The van der Waals surface area contributed by atoms with Crippen molar-refractivity contribution in [2.75, 3.05) is 38.3 Å². The van der Waals surface area contributed by atoms with Gasteiger partial charge in [0.1, 0.15) is 21.6 Å². The molecule has 0 aromatic heterocycles. The van der Waals surface area contributed by atoms with Gasteiger partial charge in [-0.25, -0.2) is 8.42 Å². The van der Waals surface area contributed by atoms with Crippen LogP contribution in [0.3, 0.4) is 0 Å². The first kappa shape index (κ1) is 40.0. The fraction of sp³-hybridized carbons (Fsp3) is 0.400. The first-order valence-electron chi connectivity index (χ1n) is 19.3. The Hall–Kier alpha value is -4.64. The molecule has 10 heteroatoms. The molecule has 0 saturated heterocycles. The molecule has 2 aromatic rings. The third kappa shape index (κ3) is 8.47. The summed E-state index contributed by atoms with van der Waals surface area (Å²) in [4.78, 5) is 16.7. The molecular formula is C45H54N3O6S-. The van der Waals surface area contributed by atoms with Crippen molar-refractivity contribution in [2.45, 2.75) is 89.5 Å². The van der Waals surface area contributed by atoms with Crippen LogP contribution in [0.4, 0.5) is 5.69 Å². The van der Waals surface area contributed by atoms with E-state index in [-0.39, 0.29) is 16.3 Å². The lowest BCUT2D eigenvalue weighted by Gasteiger charge is -2.45. The van der Waals surface area contributed by atoms with Crippen molar-refractivity contribution in [3.05, 3.63) is 136 Å². The van der Waals surface area contributed by atoms with Crippen LogP contribution >= 0.6 is 0 Å². The van der Waals surface area contributed by atoms with Gasteiger partial charge < -0.3 is 29.1 Å². The van der Waals surface area contributed by atoms with Crippen LogP contribution in [0.25, 0.3) is 5.76 Å². The number of likely N-dealkylation sites (N-methyl/N-ethyl adjacent to an activating group) is 1. The summed E-state index contributed by atoms with van der Waals surface area (Å²) in [5.41, 5.74) is 8.94. The Bertz CT molecular complexity index is 2150. The lowest BCUT2D eigenvalue weighted by molar-refractivity contribution is -0.121. The predicted octanol–water partition coefficient (Wildman–Crippen LogP) is 8.42. The third-order valence-corrected chi connectivity index (χ3v) is 11.9. The van der Waals surface area contributed by atoms with Gasteiger partial charge in [0, 0.05) is 79.3 Å². The number of rotatable bonds is 14. The summed E-state index contributed by atoms with van der Waals surface area (Å²) >= 11 is 0. The van der Waals surface area contributed by atoms with Crippen molar-refractivity contribution >= 4 is 27.5 Å². The minimum Gasteiger partial charge on any atom is -0.744 e. The van der Waals surface area contributed by atoms with Gasteiger partial charge in [-0.1, -0.05) is 68.8 Å². The quantitative estimate of drug-likeness (QED) is 0.151. The zero-order valence-electron chi connectivity index (χ0n) is 33.2. The van der Waals surface area contributed by atoms with Crippen molar-refractivity contribution < 1.29 is 27.2 Å². The summed E-state index contributed by atoms with van der Waals surface area (Å²) in [5.74, 6) is 1.65. The largest absolute Gasteiger partial charge is 0.744 e. The number of hydrogen-bond donors (Lipinski definition) is 1. The molecule has 6 rings (SSSR count). The van der Waals surface area contributed by atoms with Gasteiger partial charge in [-0.2, -0.15) is 0 Å². The normalized spacial score (nSPS) is 19.5. The van der Waals surface area contributed by atoms with E-state index >= 15 is 0 Å². The van der Waals surface area contributed by atoms with Crippen LogP contribution < -0.4 is 10.2 Å². The van der Waals surface area contributed by atoms with E-state index in [0.717, 1.165) is 77.4 Å². The Labute approximate surface area is 327 Å². The van der Waals surface area contributed by atoms with E-state index in [1.165, 1.54) is 29.0 Å². The maximum Gasteiger partial charge on any atom is 0.220 e. The van der Waals surface area contributed by atoms with Crippen LogP contribution in [0.2, 0.25) is 0 Å². The summed E-state index contributed by atoms with van der Waals surface area (Å²) in [6, 6.07) is 14.8. The van der Waals surface area contributed by atoms with Gasteiger partial charge in [-0.05, 0) is 93.2 Å². The number of methoxy groups -OCH3 is 1. The van der Waals surface area contributed by atoms with E-state index in [0.29, 0.717) is 26.1 Å².